The zero-order chi connectivity index (χ0) is 8.10. The van der Waals surface area contributed by atoms with Gasteiger partial charge in [-0.05, 0) is 19.4 Å². The predicted molar refractivity (Wildman–Crippen MR) is 42.3 cm³/mol. The molecule has 1 atom stereocenters. The fourth-order valence-electron chi connectivity index (χ4n) is 0.908. The van der Waals surface area contributed by atoms with E-state index in [0.29, 0.717) is 6.61 Å². The quantitative estimate of drug-likeness (QED) is 0.482. The minimum Gasteiger partial charge on any atom is -0.465 e. The maximum atomic E-state index is 11.0. The summed E-state index contributed by atoms with van der Waals surface area (Å²) in [6.07, 6.45) is 2.98. The molecule has 1 fully saturated rings. The molecule has 1 aliphatic rings. The number of ether oxygens (including phenoxy) is 1. The van der Waals surface area contributed by atoms with Crippen molar-refractivity contribution in [3.8, 4) is 0 Å². The minimum absolute atomic E-state index is 0.00754. The van der Waals surface area contributed by atoms with Crippen molar-refractivity contribution in [2.45, 2.75) is 32.2 Å². The molecule has 0 aromatic heterocycles. The van der Waals surface area contributed by atoms with E-state index >= 15 is 0 Å². The van der Waals surface area contributed by atoms with Crippen molar-refractivity contribution in [3.05, 3.63) is 0 Å². The lowest BCUT2D eigenvalue weighted by Crippen LogP contribution is -2.49. The van der Waals surface area contributed by atoms with Crippen LogP contribution in [0.3, 0.4) is 0 Å². The van der Waals surface area contributed by atoms with Gasteiger partial charge in [0, 0.05) is 0 Å². The van der Waals surface area contributed by atoms with Crippen LogP contribution in [0.1, 0.15) is 26.2 Å². The summed E-state index contributed by atoms with van der Waals surface area (Å²) in [4.78, 5) is 11.0. The smallest absolute Gasteiger partial charge is 0.323 e. The highest BCUT2D eigenvalue weighted by atomic mass is 16.5. The number of hydrogen-bond acceptors (Lipinski definition) is 3. The van der Waals surface area contributed by atoms with Crippen LogP contribution in [0.2, 0.25) is 0 Å². The first-order valence-electron chi connectivity index (χ1n) is 4.24. The highest BCUT2D eigenvalue weighted by Crippen LogP contribution is 2.04. The molecule has 0 unspecified atom stereocenters. The Morgan fingerprint density at radius 2 is 2.45 bits per heavy atom. The van der Waals surface area contributed by atoms with E-state index in [9.17, 15) is 4.79 Å². The molecular weight excluding hydrogens is 142 g/mol. The second-order valence-electron chi connectivity index (χ2n) is 2.82. The van der Waals surface area contributed by atoms with E-state index in [0.717, 1.165) is 25.8 Å². The maximum absolute atomic E-state index is 11.0. The first kappa shape index (κ1) is 8.53. The van der Waals surface area contributed by atoms with Gasteiger partial charge in [-0.3, -0.25) is 4.79 Å². The molecule has 0 aromatic carbocycles. The summed E-state index contributed by atoms with van der Waals surface area (Å²) in [6, 6.07) is -0.00754. The lowest BCUT2D eigenvalue weighted by atomic mass is 10.1. The molecule has 0 amide bonds. The normalized spacial score (nSPS) is 22.5. The van der Waals surface area contributed by atoms with Crippen LogP contribution in [0, 0.1) is 0 Å². The van der Waals surface area contributed by atoms with Crippen molar-refractivity contribution >= 4 is 5.97 Å². The third kappa shape index (κ3) is 2.50. The van der Waals surface area contributed by atoms with Crippen molar-refractivity contribution < 1.29 is 9.53 Å². The fraction of sp³-hybridized carbons (Fsp3) is 0.875. The Bertz CT molecular complexity index is 132. The van der Waals surface area contributed by atoms with Gasteiger partial charge in [0.1, 0.15) is 6.04 Å². The molecule has 11 heavy (non-hydrogen) atoms. The van der Waals surface area contributed by atoms with Crippen LogP contribution in [-0.2, 0) is 9.53 Å². The molecule has 0 radical (unpaired) electrons. The molecule has 0 aliphatic carbocycles. The van der Waals surface area contributed by atoms with Crippen molar-refractivity contribution in [3.63, 3.8) is 0 Å². The van der Waals surface area contributed by atoms with Gasteiger partial charge in [0.05, 0.1) is 6.61 Å². The van der Waals surface area contributed by atoms with Gasteiger partial charge >= 0.3 is 5.97 Å². The van der Waals surface area contributed by atoms with Gasteiger partial charge < -0.3 is 10.1 Å². The van der Waals surface area contributed by atoms with E-state index in [-0.39, 0.29) is 12.0 Å². The third-order valence-electron chi connectivity index (χ3n) is 1.85. The monoisotopic (exact) mass is 157 g/mol. The molecule has 1 rings (SSSR count). The summed E-state index contributed by atoms with van der Waals surface area (Å²) in [5.41, 5.74) is 0. The average molecular weight is 157 g/mol. The zero-order valence-corrected chi connectivity index (χ0v) is 6.93. The zero-order valence-electron chi connectivity index (χ0n) is 6.93. The number of esters is 1. The molecule has 0 saturated carbocycles. The summed E-state index contributed by atoms with van der Waals surface area (Å²) >= 11 is 0. The molecule has 1 aliphatic heterocycles. The second-order valence-corrected chi connectivity index (χ2v) is 2.82. The van der Waals surface area contributed by atoms with Crippen LogP contribution in [0.5, 0.6) is 0 Å². The first-order chi connectivity index (χ1) is 5.34. The van der Waals surface area contributed by atoms with Crippen LogP contribution < -0.4 is 5.32 Å². The van der Waals surface area contributed by atoms with Gasteiger partial charge in [0.25, 0.3) is 0 Å². The molecular formula is C8H15NO2. The number of nitrogens with one attached hydrogen (secondary N) is 1. The summed E-state index contributed by atoms with van der Waals surface area (Å²) in [5.74, 6) is -0.0790. The molecule has 0 aromatic rings. The Morgan fingerprint density at radius 1 is 1.73 bits per heavy atom. The topological polar surface area (TPSA) is 38.3 Å². The first-order valence-corrected chi connectivity index (χ1v) is 4.24. The molecule has 1 saturated heterocycles. The Balaban J connectivity index is 2.01. The highest BCUT2D eigenvalue weighted by Gasteiger charge is 2.25. The molecule has 64 valence electrons. The van der Waals surface area contributed by atoms with Crippen molar-refractivity contribution in [2.75, 3.05) is 13.2 Å². The van der Waals surface area contributed by atoms with Gasteiger partial charge in [-0.1, -0.05) is 13.3 Å². The molecule has 1 N–H and O–H groups in total. The van der Waals surface area contributed by atoms with Crippen molar-refractivity contribution in [1.29, 1.82) is 0 Å². The molecule has 3 heteroatoms. The van der Waals surface area contributed by atoms with Crippen LogP contribution in [-0.4, -0.2) is 25.2 Å². The van der Waals surface area contributed by atoms with Crippen LogP contribution in [0.25, 0.3) is 0 Å². The average Bonchev–Trinajstić information content (AvgIpc) is 1.84. The third-order valence-corrected chi connectivity index (χ3v) is 1.85. The van der Waals surface area contributed by atoms with E-state index in [1.54, 1.807) is 0 Å². The van der Waals surface area contributed by atoms with Crippen molar-refractivity contribution in [2.24, 2.45) is 0 Å². The van der Waals surface area contributed by atoms with Gasteiger partial charge in [-0.25, -0.2) is 0 Å². The number of rotatable bonds is 4. The molecule has 0 bridgehead atoms. The van der Waals surface area contributed by atoms with E-state index in [1.807, 2.05) is 0 Å². The van der Waals surface area contributed by atoms with Crippen LogP contribution >= 0.6 is 0 Å². The molecule has 1 heterocycles. The van der Waals surface area contributed by atoms with E-state index in [1.165, 1.54) is 0 Å². The van der Waals surface area contributed by atoms with Crippen molar-refractivity contribution in [1.82, 2.24) is 5.32 Å². The number of carbonyl (C=O) groups excluding carboxylic acids is 1. The summed E-state index contributed by atoms with van der Waals surface area (Å²) < 4.78 is 4.98. The van der Waals surface area contributed by atoms with E-state index < -0.39 is 0 Å². The largest absolute Gasteiger partial charge is 0.465 e. The minimum atomic E-state index is -0.0790. The van der Waals surface area contributed by atoms with Crippen LogP contribution in [0.4, 0.5) is 0 Å². The Hall–Kier alpha value is -0.570. The maximum Gasteiger partial charge on any atom is 0.323 e. The lowest BCUT2D eigenvalue weighted by Gasteiger charge is -2.25. The second kappa shape index (κ2) is 4.34. The summed E-state index contributed by atoms with van der Waals surface area (Å²) in [7, 11) is 0. The fourth-order valence-corrected chi connectivity index (χ4v) is 0.908. The Morgan fingerprint density at radius 3 is 2.91 bits per heavy atom. The summed E-state index contributed by atoms with van der Waals surface area (Å²) in [5, 5.41) is 3.00. The summed E-state index contributed by atoms with van der Waals surface area (Å²) in [6.45, 7) is 3.61. The van der Waals surface area contributed by atoms with Crippen LogP contribution in [0.15, 0.2) is 0 Å². The van der Waals surface area contributed by atoms with Gasteiger partial charge in [0.2, 0.25) is 0 Å². The van der Waals surface area contributed by atoms with Gasteiger partial charge in [-0.2, -0.15) is 0 Å². The Labute approximate surface area is 67.1 Å². The van der Waals surface area contributed by atoms with Gasteiger partial charge in [0.15, 0.2) is 0 Å². The lowest BCUT2D eigenvalue weighted by molar-refractivity contribution is -0.148. The number of hydrogen-bond donors (Lipinski definition) is 1. The standard InChI is InChI=1S/C8H15NO2/c1-2-3-6-11-8(10)7-4-5-9-7/h7,9H,2-6H2,1H3/t7-/m0/s1. The van der Waals surface area contributed by atoms with Gasteiger partial charge in [-0.15, -0.1) is 0 Å². The number of unbranched alkanes of at least 4 members (excludes halogenated alkanes) is 1. The molecule has 3 nitrogen and oxygen atoms in total. The van der Waals surface area contributed by atoms with E-state index in [2.05, 4.69) is 12.2 Å². The predicted octanol–water partition coefficient (Wildman–Crippen LogP) is 0.692. The Kier molecular flexibility index (Phi) is 3.36. The van der Waals surface area contributed by atoms with E-state index in [4.69, 9.17) is 4.74 Å². The highest BCUT2D eigenvalue weighted by molar-refractivity contribution is 5.76. The SMILES string of the molecule is CCCCOC(=O)[C@@H]1CCN1. The molecule has 0 spiro atoms. The number of carbonyl (C=O) groups is 1.